The molecule has 0 spiro atoms. The van der Waals surface area contributed by atoms with Crippen molar-refractivity contribution in [3.8, 4) is 5.75 Å². The fraction of sp³-hybridized carbons (Fsp3) is 0.304. The summed E-state index contributed by atoms with van der Waals surface area (Å²) in [6, 6.07) is 20.9. The van der Waals surface area contributed by atoms with Gasteiger partial charge in [-0.2, -0.15) is 0 Å². The minimum absolute atomic E-state index is 0.0955. The van der Waals surface area contributed by atoms with E-state index >= 15 is 0 Å². The van der Waals surface area contributed by atoms with Crippen LogP contribution in [0.15, 0.2) is 60.7 Å². The van der Waals surface area contributed by atoms with Crippen LogP contribution >= 0.6 is 0 Å². The second-order valence-electron chi connectivity index (χ2n) is 6.65. The van der Waals surface area contributed by atoms with Crippen LogP contribution in [0.5, 0.6) is 5.75 Å². The predicted octanol–water partition coefficient (Wildman–Crippen LogP) is 4.59. The van der Waals surface area contributed by atoms with Crippen molar-refractivity contribution >= 4 is 10.8 Å². The summed E-state index contributed by atoms with van der Waals surface area (Å²) in [6.07, 6.45) is 0.890. The molecule has 26 heavy (non-hydrogen) atoms. The maximum absolute atomic E-state index is 9.48. The van der Waals surface area contributed by atoms with Crippen LogP contribution in [-0.2, 0) is 13.2 Å². The Balaban J connectivity index is 1.88. The zero-order valence-electron chi connectivity index (χ0n) is 15.5. The number of aliphatic hydroxyl groups excluding tert-OH is 1. The molecule has 0 heterocycles. The Morgan fingerprint density at radius 2 is 1.77 bits per heavy atom. The monoisotopic (exact) mass is 349 g/mol. The van der Waals surface area contributed by atoms with Crippen LogP contribution < -0.4 is 10.1 Å². The van der Waals surface area contributed by atoms with Gasteiger partial charge in [0, 0.05) is 18.2 Å². The number of ether oxygens (including phenoxy) is 1. The molecule has 3 heteroatoms. The van der Waals surface area contributed by atoms with Crippen molar-refractivity contribution in [2.75, 3.05) is 6.61 Å². The van der Waals surface area contributed by atoms with Crippen LogP contribution in [0.4, 0.5) is 0 Å². The van der Waals surface area contributed by atoms with E-state index in [1.807, 2.05) is 12.1 Å². The molecule has 2 N–H and O–H groups in total. The van der Waals surface area contributed by atoms with Gasteiger partial charge in [0.2, 0.25) is 0 Å². The quantitative estimate of drug-likeness (QED) is 0.625. The van der Waals surface area contributed by atoms with Crippen LogP contribution in [0.1, 0.15) is 30.0 Å². The number of aliphatic hydroxyl groups is 1. The lowest BCUT2D eigenvalue weighted by atomic mass is 10.0. The number of hydrogen-bond acceptors (Lipinski definition) is 3. The lowest BCUT2D eigenvalue weighted by Crippen LogP contribution is -2.31. The van der Waals surface area contributed by atoms with E-state index in [-0.39, 0.29) is 12.6 Å². The first-order valence-corrected chi connectivity index (χ1v) is 9.25. The van der Waals surface area contributed by atoms with Gasteiger partial charge in [0.15, 0.2) is 0 Å². The Bertz CT molecular complexity index is 856. The number of fused-ring (bicyclic) bond motifs is 1. The molecule has 0 saturated heterocycles. The third-order valence-electron chi connectivity index (χ3n) is 4.92. The molecule has 0 saturated carbocycles. The van der Waals surface area contributed by atoms with E-state index in [0.29, 0.717) is 13.2 Å². The summed E-state index contributed by atoms with van der Waals surface area (Å²) >= 11 is 0. The van der Waals surface area contributed by atoms with Crippen molar-refractivity contribution in [1.29, 1.82) is 0 Å². The van der Waals surface area contributed by atoms with E-state index in [0.717, 1.165) is 17.7 Å². The van der Waals surface area contributed by atoms with E-state index in [2.05, 4.69) is 67.7 Å². The van der Waals surface area contributed by atoms with E-state index in [9.17, 15) is 5.11 Å². The molecule has 136 valence electrons. The van der Waals surface area contributed by atoms with Gasteiger partial charge >= 0.3 is 0 Å². The van der Waals surface area contributed by atoms with Crippen molar-refractivity contribution < 1.29 is 9.84 Å². The van der Waals surface area contributed by atoms with Gasteiger partial charge in [0.25, 0.3) is 0 Å². The number of rotatable bonds is 8. The van der Waals surface area contributed by atoms with Gasteiger partial charge in [-0.3, -0.25) is 0 Å². The van der Waals surface area contributed by atoms with Crippen molar-refractivity contribution in [2.24, 2.45) is 0 Å². The molecular weight excluding hydrogens is 322 g/mol. The highest BCUT2D eigenvalue weighted by molar-refractivity contribution is 5.87. The summed E-state index contributed by atoms with van der Waals surface area (Å²) in [4.78, 5) is 0. The van der Waals surface area contributed by atoms with Crippen LogP contribution in [0, 0.1) is 6.92 Å². The summed E-state index contributed by atoms with van der Waals surface area (Å²) in [6.45, 7) is 5.54. The minimum Gasteiger partial charge on any atom is -0.489 e. The smallest absolute Gasteiger partial charge is 0.124 e. The van der Waals surface area contributed by atoms with Gasteiger partial charge in [-0.25, -0.2) is 0 Å². The molecule has 0 fully saturated rings. The SMILES string of the molecule is CC[C@@H](CO)NCc1c(OCc2ccccc2C)ccc2ccccc12. The maximum Gasteiger partial charge on any atom is 0.124 e. The molecule has 0 aliphatic heterocycles. The van der Waals surface area contributed by atoms with Crippen molar-refractivity contribution in [1.82, 2.24) is 5.32 Å². The molecule has 3 aromatic carbocycles. The van der Waals surface area contributed by atoms with E-state index in [1.165, 1.54) is 21.9 Å². The maximum atomic E-state index is 9.48. The first-order chi connectivity index (χ1) is 12.7. The Morgan fingerprint density at radius 3 is 2.54 bits per heavy atom. The molecule has 0 aromatic heterocycles. The molecule has 0 aliphatic carbocycles. The molecule has 0 amide bonds. The molecule has 3 nitrogen and oxygen atoms in total. The summed E-state index contributed by atoms with van der Waals surface area (Å²) in [5, 5.41) is 15.3. The van der Waals surface area contributed by atoms with Gasteiger partial charge in [-0.15, -0.1) is 0 Å². The third-order valence-corrected chi connectivity index (χ3v) is 4.92. The highest BCUT2D eigenvalue weighted by Crippen LogP contribution is 2.29. The zero-order chi connectivity index (χ0) is 18.4. The topological polar surface area (TPSA) is 41.5 Å². The van der Waals surface area contributed by atoms with Crippen LogP contribution in [0.2, 0.25) is 0 Å². The second-order valence-corrected chi connectivity index (χ2v) is 6.65. The molecule has 3 aromatic rings. The summed E-state index contributed by atoms with van der Waals surface area (Å²) < 4.78 is 6.21. The highest BCUT2D eigenvalue weighted by atomic mass is 16.5. The predicted molar refractivity (Wildman–Crippen MR) is 107 cm³/mol. The largest absolute Gasteiger partial charge is 0.489 e. The Labute approximate surface area is 155 Å². The van der Waals surface area contributed by atoms with Gasteiger partial charge < -0.3 is 15.2 Å². The van der Waals surface area contributed by atoms with E-state index < -0.39 is 0 Å². The second kappa shape index (κ2) is 8.84. The van der Waals surface area contributed by atoms with Crippen molar-refractivity contribution in [2.45, 2.75) is 39.5 Å². The van der Waals surface area contributed by atoms with Gasteiger partial charge in [-0.05, 0) is 41.3 Å². The van der Waals surface area contributed by atoms with Gasteiger partial charge in [0.05, 0.1) is 6.61 Å². The molecule has 0 aliphatic rings. The average molecular weight is 349 g/mol. The Hall–Kier alpha value is -2.36. The fourth-order valence-electron chi connectivity index (χ4n) is 3.15. The van der Waals surface area contributed by atoms with E-state index in [1.54, 1.807) is 0 Å². The normalized spacial score (nSPS) is 12.3. The molecular formula is C23H27NO2. The average Bonchev–Trinajstić information content (AvgIpc) is 2.68. The van der Waals surface area contributed by atoms with Crippen LogP contribution in [-0.4, -0.2) is 17.8 Å². The van der Waals surface area contributed by atoms with Gasteiger partial charge in [-0.1, -0.05) is 61.5 Å². The number of benzene rings is 3. The lowest BCUT2D eigenvalue weighted by Gasteiger charge is -2.19. The zero-order valence-corrected chi connectivity index (χ0v) is 15.5. The summed E-state index contributed by atoms with van der Waals surface area (Å²) in [7, 11) is 0. The molecule has 0 bridgehead atoms. The van der Waals surface area contributed by atoms with Crippen molar-refractivity contribution in [3.05, 3.63) is 77.4 Å². The highest BCUT2D eigenvalue weighted by Gasteiger charge is 2.12. The number of nitrogens with one attached hydrogen (secondary N) is 1. The summed E-state index contributed by atoms with van der Waals surface area (Å²) in [5.41, 5.74) is 3.57. The fourth-order valence-corrected chi connectivity index (χ4v) is 3.15. The summed E-state index contributed by atoms with van der Waals surface area (Å²) in [5.74, 6) is 0.896. The minimum atomic E-state index is 0.0955. The van der Waals surface area contributed by atoms with Crippen LogP contribution in [0.25, 0.3) is 10.8 Å². The molecule has 0 unspecified atom stereocenters. The van der Waals surface area contributed by atoms with Crippen LogP contribution in [0.3, 0.4) is 0 Å². The standard InChI is InChI=1S/C23H27NO2/c1-3-20(15-25)24-14-22-21-11-7-6-9-18(21)12-13-23(22)26-16-19-10-5-4-8-17(19)2/h4-13,20,24-25H,3,14-16H2,1-2H3/t20-/m0/s1. The third kappa shape index (κ3) is 4.24. The van der Waals surface area contributed by atoms with Gasteiger partial charge in [0.1, 0.15) is 12.4 Å². The molecule has 3 rings (SSSR count). The Kier molecular flexibility index (Phi) is 6.26. The first kappa shape index (κ1) is 18.4. The number of hydrogen-bond donors (Lipinski definition) is 2. The lowest BCUT2D eigenvalue weighted by molar-refractivity contribution is 0.237. The van der Waals surface area contributed by atoms with Crippen molar-refractivity contribution in [3.63, 3.8) is 0 Å². The first-order valence-electron chi connectivity index (χ1n) is 9.25. The number of aryl methyl sites for hydroxylation is 1. The molecule has 0 radical (unpaired) electrons. The Morgan fingerprint density at radius 1 is 1.00 bits per heavy atom. The van der Waals surface area contributed by atoms with E-state index in [4.69, 9.17) is 4.74 Å². The molecule has 1 atom stereocenters.